The summed E-state index contributed by atoms with van der Waals surface area (Å²) in [5, 5.41) is 6.52. The van der Waals surface area contributed by atoms with Crippen LogP contribution in [0.4, 0.5) is 10.5 Å². The molecule has 2 N–H and O–H groups in total. The molecule has 2 amide bonds. The van der Waals surface area contributed by atoms with E-state index in [1.54, 1.807) is 0 Å². The number of amides is 2. The number of hydrogen-bond acceptors (Lipinski definition) is 1. The Kier molecular flexibility index (Phi) is 6.34. The Balaban J connectivity index is 1.61. The van der Waals surface area contributed by atoms with Crippen molar-refractivity contribution in [2.45, 2.75) is 71.3 Å². The third kappa shape index (κ3) is 4.55. The van der Waals surface area contributed by atoms with Crippen LogP contribution in [-0.2, 0) is 5.41 Å². The number of anilines is 1. The van der Waals surface area contributed by atoms with E-state index in [1.807, 2.05) is 0 Å². The van der Waals surface area contributed by atoms with Crippen LogP contribution in [0.5, 0.6) is 0 Å². The van der Waals surface area contributed by atoms with Gasteiger partial charge in [0, 0.05) is 17.1 Å². The lowest BCUT2D eigenvalue weighted by molar-refractivity contribution is 0.251. The van der Waals surface area contributed by atoms with Crippen LogP contribution in [0.1, 0.15) is 79.3 Å². The van der Waals surface area contributed by atoms with Gasteiger partial charge in [-0.1, -0.05) is 106 Å². The molecule has 0 aromatic heterocycles. The van der Waals surface area contributed by atoms with Crippen molar-refractivity contribution < 1.29 is 4.79 Å². The van der Waals surface area contributed by atoms with Crippen LogP contribution in [0.15, 0.2) is 66.7 Å². The second kappa shape index (κ2) is 9.05. The minimum absolute atomic E-state index is 0.0524. The van der Waals surface area contributed by atoms with Gasteiger partial charge in [0.05, 0.1) is 0 Å². The highest BCUT2D eigenvalue weighted by Crippen LogP contribution is 2.53. The number of carbonyl (C=O) groups is 1. The Morgan fingerprint density at radius 2 is 1.24 bits per heavy atom. The van der Waals surface area contributed by atoms with Crippen molar-refractivity contribution in [1.82, 2.24) is 5.32 Å². The smallest absolute Gasteiger partial charge is 0.319 e. The molecule has 3 nitrogen and oxygen atoms in total. The van der Waals surface area contributed by atoms with Crippen LogP contribution in [0, 0.1) is 13.8 Å². The van der Waals surface area contributed by atoms with Gasteiger partial charge >= 0.3 is 6.03 Å². The summed E-state index contributed by atoms with van der Waals surface area (Å²) in [6, 6.07) is 23.7. The lowest BCUT2D eigenvalue weighted by Crippen LogP contribution is -2.35. The molecule has 1 aliphatic carbocycles. The molecule has 3 heteroatoms. The van der Waals surface area contributed by atoms with E-state index in [0.717, 1.165) is 12.1 Å². The zero-order valence-electron chi connectivity index (χ0n) is 20.7. The first-order chi connectivity index (χ1) is 15.7. The van der Waals surface area contributed by atoms with E-state index >= 15 is 0 Å². The minimum atomic E-state index is -0.183. The molecule has 172 valence electrons. The number of carbonyl (C=O) groups excluding carboxylic acids is 1. The van der Waals surface area contributed by atoms with Crippen molar-refractivity contribution in [2.75, 3.05) is 5.32 Å². The fourth-order valence-corrected chi connectivity index (χ4v) is 4.95. The molecule has 1 aliphatic rings. The highest BCUT2D eigenvalue weighted by molar-refractivity contribution is 5.92. The van der Waals surface area contributed by atoms with Gasteiger partial charge in [-0.05, 0) is 54.4 Å². The first kappa shape index (κ1) is 23.1. The van der Waals surface area contributed by atoms with Gasteiger partial charge in [0.1, 0.15) is 0 Å². The van der Waals surface area contributed by atoms with Gasteiger partial charge in [0.15, 0.2) is 0 Å². The Morgan fingerprint density at radius 3 is 1.67 bits per heavy atom. The number of hydrogen-bond donors (Lipinski definition) is 2. The van der Waals surface area contributed by atoms with E-state index in [-0.39, 0.29) is 17.5 Å². The molecule has 1 fully saturated rings. The maximum atomic E-state index is 13.2. The Bertz CT molecular complexity index is 1060. The van der Waals surface area contributed by atoms with Gasteiger partial charge in [0.25, 0.3) is 0 Å². The Morgan fingerprint density at radius 1 is 0.788 bits per heavy atom. The molecule has 0 saturated heterocycles. The predicted molar refractivity (Wildman–Crippen MR) is 138 cm³/mol. The summed E-state index contributed by atoms with van der Waals surface area (Å²) in [6.07, 6.45) is 0.898. The number of benzene rings is 3. The van der Waals surface area contributed by atoms with Gasteiger partial charge in [-0.25, -0.2) is 4.79 Å². The van der Waals surface area contributed by atoms with Crippen molar-refractivity contribution in [3.63, 3.8) is 0 Å². The van der Waals surface area contributed by atoms with Crippen LogP contribution < -0.4 is 10.6 Å². The van der Waals surface area contributed by atoms with Crippen LogP contribution >= 0.6 is 0 Å². The Hall–Kier alpha value is -3.07. The molecule has 1 unspecified atom stereocenters. The molecule has 1 atom stereocenters. The minimum Gasteiger partial charge on any atom is -0.334 e. The van der Waals surface area contributed by atoms with Gasteiger partial charge in [-0.15, -0.1) is 0 Å². The van der Waals surface area contributed by atoms with E-state index in [0.29, 0.717) is 11.8 Å². The quantitative estimate of drug-likeness (QED) is 0.411. The maximum absolute atomic E-state index is 13.2. The highest BCUT2D eigenvalue weighted by atomic mass is 16.2. The summed E-state index contributed by atoms with van der Waals surface area (Å²) >= 11 is 0. The monoisotopic (exact) mass is 440 g/mol. The average Bonchev–Trinajstić information content (AvgIpc) is 3.48. The molecule has 33 heavy (non-hydrogen) atoms. The second-order valence-corrected chi connectivity index (χ2v) is 10.2. The summed E-state index contributed by atoms with van der Waals surface area (Å²) in [4.78, 5) is 13.2. The second-order valence-electron chi connectivity index (χ2n) is 10.2. The molecule has 0 heterocycles. The summed E-state index contributed by atoms with van der Waals surface area (Å²) in [5.74, 6) is 0.665. The first-order valence-electron chi connectivity index (χ1n) is 12.1. The van der Waals surface area contributed by atoms with Gasteiger partial charge < -0.3 is 10.6 Å². The fraction of sp³-hybridized carbons (Fsp3) is 0.367. The molecule has 0 radical (unpaired) electrons. The van der Waals surface area contributed by atoms with E-state index in [1.165, 1.54) is 33.4 Å². The molecule has 3 aromatic carbocycles. The SMILES string of the molecule is Cc1ccc(C2(c3ccc(C)cc3)CC2NC(=O)Nc2c(C(C)C)cccc2C(C)C)cc1. The van der Waals surface area contributed by atoms with Gasteiger partial charge in [-0.3, -0.25) is 0 Å². The summed E-state index contributed by atoms with van der Waals surface area (Å²) < 4.78 is 0. The number of urea groups is 1. The molecule has 0 bridgehead atoms. The lowest BCUT2D eigenvalue weighted by atomic mass is 9.86. The summed E-state index contributed by atoms with van der Waals surface area (Å²) in [5.41, 5.74) is 8.12. The molecule has 0 aliphatic heterocycles. The van der Waals surface area contributed by atoms with Crippen molar-refractivity contribution in [3.05, 3.63) is 100 Å². The zero-order valence-corrected chi connectivity index (χ0v) is 20.7. The largest absolute Gasteiger partial charge is 0.334 e. The Labute approximate surface area is 198 Å². The maximum Gasteiger partial charge on any atom is 0.319 e. The molecule has 0 spiro atoms. The predicted octanol–water partition coefficient (Wildman–Crippen LogP) is 7.43. The molecule has 4 rings (SSSR count). The van der Waals surface area contributed by atoms with Crippen molar-refractivity contribution in [3.8, 4) is 0 Å². The number of aryl methyl sites for hydroxylation is 2. The van der Waals surface area contributed by atoms with Crippen molar-refractivity contribution in [2.24, 2.45) is 0 Å². The summed E-state index contributed by atoms with van der Waals surface area (Å²) in [7, 11) is 0. The fourth-order valence-electron chi connectivity index (χ4n) is 4.95. The van der Waals surface area contributed by atoms with E-state index in [9.17, 15) is 4.79 Å². The third-order valence-corrected chi connectivity index (χ3v) is 7.01. The van der Waals surface area contributed by atoms with Crippen molar-refractivity contribution >= 4 is 11.7 Å². The first-order valence-corrected chi connectivity index (χ1v) is 12.1. The molecule has 1 saturated carbocycles. The highest BCUT2D eigenvalue weighted by Gasteiger charge is 2.57. The zero-order chi connectivity index (χ0) is 23.8. The molecular formula is C30H36N2O. The van der Waals surface area contributed by atoms with Crippen LogP contribution in [0.2, 0.25) is 0 Å². The van der Waals surface area contributed by atoms with Gasteiger partial charge in [0.2, 0.25) is 0 Å². The average molecular weight is 441 g/mol. The third-order valence-electron chi connectivity index (χ3n) is 7.01. The van der Waals surface area contributed by atoms with E-state index < -0.39 is 0 Å². The summed E-state index contributed by atoms with van der Waals surface area (Å²) in [6.45, 7) is 12.9. The molecule has 3 aromatic rings. The number of rotatable bonds is 6. The molecular weight excluding hydrogens is 404 g/mol. The van der Waals surface area contributed by atoms with Gasteiger partial charge in [-0.2, -0.15) is 0 Å². The topological polar surface area (TPSA) is 41.1 Å². The van der Waals surface area contributed by atoms with Crippen LogP contribution in [-0.4, -0.2) is 12.1 Å². The number of nitrogens with one attached hydrogen (secondary N) is 2. The van der Waals surface area contributed by atoms with Crippen molar-refractivity contribution in [1.29, 1.82) is 0 Å². The lowest BCUT2D eigenvalue weighted by Gasteiger charge is -2.22. The van der Waals surface area contributed by atoms with Crippen LogP contribution in [0.25, 0.3) is 0 Å². The standard InChI is InChI=1S/C30H36N2O/c1-19(2)25-8-7-9-26(20(3)4)28(25)32-29(33)31-27-18-30(27,23-14-10-21(5)11-15-23)24-16-12-22(6)13-17-24/h7-17,19-20,27H,18H2,1-6H3,(H2,31,32,33). The number of para-hydroxylation sites is 1. The normalized spacial score (nSPS) is 16.7. The van der Waals surface area contributed by atoms with Crippen LogP contribution in [0.3, 0.4) is 0 Å². The van der Waals surface area contributed by atoms with E-state index in [4.69, 9.17) is 0 Å². The van der Waals surface area contributed by atoms with E-state index in [2.05, 4.69) is 119 Å².